The Balaban J connectivity index is 2.37. The lowest BCUT2D eigenvalue weighted by molar-refractivity contribution is 0.249. The van der Waals surface area contributed by atoms with Crippen LogP contribution in [0.4, 0.5) is 21.9 Å². The van der Waals surface area contributed by atoms with E-state index in [0.29, 0.717) is 17.1 Å². The van der Waals surface area contributed by atoms with Gasteiger partial charge in [-0.15, -0.1) is 0 Å². The first-order valence-electron chi connectivity index (χ1n) is 6.08. The highest BCUT2D eigenvalue weighted by Crippen LogP contribution is 2.25. The van der Waals surface area contributed by atoms with Crippen molar-refractivity contribution in [1.82, 2.24) is 5.32 Å². The Morgan fingerprint density at radius 1 is 1.10 bits per heavy atom. The number of nitrogen functional groups attached to an aromatic ring is 1. The van der Waals surface area contributed by atoms with Crippen molar-refractivity contribution in [2.75, 3.05) is 17.2 Å². The minimum Gasteiger partial charge on any atom is -0.399 e. The van der Waals surface area contributed by atoms with Crippen LogP contribution in [0.1, 0.15) is 0 Å². The van der Waals surface area contributed by atoms with E-state index in [0.717, 1.165) is 0 Å². The molecule has 5 nitrogen and oxygen atoms in total. The van der Waals surface area contributed by atoms with Gasteiger partial charge in [-0.1, -0.05) is 18.2 Å². The largest absolute Gasteiger partial charge is 0.399 e. The van der Waals surface area contributed by atoms with Gasteiger partial charge in [-0.05, 0) is 36.4 Å². The summed E-state index contributed by atoms with van der Waals surface area (Å²) in [5, 5.41) is 11.1. The van der Waals surface area contributed by atoms with Crippen molar-refractivity contribution in [3.05, 3.63) is 54.6 Å². The molecule has 0 aromatic heterocycles. The van der Waals surface area contributed by atoms with E-state index in [9.17, 15) is 4.79 Å². The first-order valence-corrected chi connectivity index (χ1v) is 6.08. The van der Waals surface area contributed by atoms with Gasteiger partial charge >= 0.3 is 6.03 Å². The van der Waals surface area contributed by atoms with E-state index in [1.165, 1.54) is 4.90 Å². The molecule has 0 aliphatic carbocycles. The van der Waals surface area contributed by atoms with Crippen LogP contribution in [0.15, 0.2) is 54.6 Å². The average molecular weight is 266 g/mol. The normalized spacial score (nSPS) is 9.55. The number of anilines is 3. The first kappa shape index (κ1) is 13.4. The predicted molar refractivity (Wildman–Crippen MR) is 78.4 cm³/mol. The molecule has 100 valence electrons. The maximum Gasteiger partial charge on any atom is 0.327 e. The number of carbonyl (C=O) groups excluding carboxylic acids is 1. The summed E-state index contributed by atoms with van der Waals surface area (Å²) >= 11 is 0. The maximum atomic E-state index is 12.2. The molecule has 0 spiro atoms. The predicted octanol–water partition coefficient (Wildman–Crippen LogP) is 2.64. The van der Waals surface area contributed by atoms with Gasteiger partial charge in [0.25, 0.3) is 0 Å². The summed E-state index contributed by atoms with van der Waals surface area (Å²) in [6.07, 6.45) is 0. The summed E-state index contributed by atoms with van der Waals surface area (Å²) < 4.78 is 0. The van der Waals surface area contributed by atoms with E-state index < -0.39 is 0 Å². The SMILES string of the molecule is N#CCNC(=O)N(c1ccccc1)c1ccc(N)cc1. The van der Waals surface area contributed by atoms with Crippen LogP contribution >= 0.6 is 0 Å². The van der Waals surface area contributed by atoms with Crippen LogP contribution in [-0.2, 0) is 0 Å². The zero-order chi connectivity index (χ0) is 14.4. The first-order chi connectivity index (χ1) is 9.72. The van der Waals surface area contributed by atoms with Crippen molar-refractivity contribution in [2.24, 2.45) is 0 Å². The molecule has 0 saturated carbocycles. The fourth-order valence-corrected chi connectivity index (χ4v) is 1.78. The van der Waals surface area contributed by atoms with E-state index in [1.54, 1.807) is 24.3 Å². The molecule has 20 heavy (non-hydrogen) atoms. The Kier molecular flexibility index (Phi) is 4.20. The van der Waals surface area contributed by atoms with E-state index in [-0.39, 0.29) is 12.6 Å². The van der Waals surface area contributed by atoms with Crippen molar-refractivity contribution in [3.63, 3.8) is 0 Å². The number of hydrogen-bond acceptors (Lipinski definition) is 3. The highest BCUT2D eigenvalue weighted by molar-refractivity contribution is 5.99. The van der Waals surface area contributed by atoms with Crippen molar-refractivity contribution in [2.45, 2.75) is 0 Å². The lowest BCUT2D eigenvalue weighted by Crippen LogP contribution is -2.37. The van der Waals surface area contributed by atoms with E-state index in [2.05, 4.69) is 5.32 Å². The van der Waals surface area contributed by atoms with Crippen molar-refractivity contribution in [3.8, 4) is 6.07 Å². The number of para-hydroxylation sites is 1. The molecular formula is C15H14N4O. The summed E-state index contributed by atoms with van der Waals surface area (Å²) in [5.74, 6) is 0. The minimum atomic E-state index is -0.359. The molecule has 0 aliphatic heterocycles. The van der Waals surface area contributed by atoms with Crippen molar-refractivity contribution >= 4 is 23.1 Å². The quantitative estimate of drug-likeness (QED) is 0.661. The van der Waals surface area contributed by atoms with E-state index in [4.69, 9.17) is 11.0 Å². The highest BCUT2D eigenvalue weighted by Gasteiger charge is 2.17. The molecule has 0 radical (unpaired) electrons. The molecule has 0 saturated heterocycles. The third-order valence-electron chi connectivity index (χ3n) is 2.69. The van der Waals surface area contributed by atoms with Crippen LogP contribution in [0.2, 0.25) is 0 Å². The van der Waals surface area contributed by atoms with Crippen LogP contribution in [0, 0.1) is 11.3 Å². The summed E-state index contributed by atoms with van der Waals surface area (Å²) in [6.45, 7) is -0.0445. The number of nitrogens with two attached hydrogens (primary N) is 1. The number of benzene rings is 2. The zero-order valence-corrected chi connectivity index (χ0v) is 10.8. The molecule has 2 rings (SSSR count). The number of nitrogens with one attached hydrogen (secondary N) is 1. The van der Waals surface area contributed by atoms with Crippen LogP contribution in [-0.4, -0.2) is 12.6 Å². The molecule has 2 aromatic rings. The molecule has 0 aliphatic rings. The average Bonchev–Trinajstić information content (AvgIpc) is 2.48. The zero-order valence-electron chi connectivity index (χ0n) is 10.8. The summed E-state index contributed by atoms with van der Waals surface area (Å²) in [5.41, 5.74) is 7.68. The van der Waals surface area contributed by atoms with Gasteiger partial charge in [-0.25, -0.2) is 4.79 Å². The number of rotatable bonds is 3. The molecule has 2 amide bonds. The third kappa shape index (κ3) is 3.06. The van der Waals surface area contributed by atoms with Gasteiger partial charge < -0.3 is 11.1 Å². The van der Waals surface area contributed by atoms with Crippen molar-refractivity contribution in [1.29, 1.82) is 5.26 Å². The second-order valence-corrected chi connectivity index (χ2v) is 4.08. The molecule has 0 unspecified atom stereocenters. The molecular weight excluding hydrogens is 252 g/mol. The maximum absolute atomic E-state index is 12.2. The Bertz CT molecular complexity index is 617. The number of urea groups is 1. The number of amides is 2. The van der Waals surface area contributed by atoms with Gasteiger partial charge in [-0.3, -0.25) is 4.90 Å². The van der Waals surface area contributed by atoms with Crippen LogP contribution in [0.25, 0.3) is 0 Å². The Morgan fingerprint density at radius 3 is 2.30 bits per heavy atom. The Morgan fingerprint density at radius 2 is 1.70 bits per heavy atom. The molecule has 3 N–H and O–H groups in total. The molecule has 0 heterocycles. The summed E-state index contributed by atoms with van der Waals surface area (Å²) in [7, 11) is 0. The number of nitrogens with zero attached hydrogens (tertiary/aromatic N) is 2. The van der Waals surface area contributed by atoms with Crippen molar-refractivity contribution < 1.29 is 4.79 Å². The van der Waals surface area contributed by atoms with Gasteiger partial charge in [-0.2, -0.15) is 5.26 Å². The molecule has 0 atom stereocenters. The second kappa shape index (κ2) is 6.25. The molecule has 0 bridgehead atoms. The molecule has 5 heteroatoms. The van der Waals surface area contributed by atoms with E-state index in [1.807, 2.05) is 36.4 Å². The van der Waals surface area contributed by atoms with Gasteiger partial charge in [0.15, 0.2) is 0 Å². The summed E-state index contributed by atoms with van der Waals surface area (Å²) in [6, 6.07) is 17.7. The number of nitriles is 1. The highest BCUT2D eigenvalue weighted by atomic mass is 16.2. The number of hydrogen-bond donors (Lipinski definition) is 2. The lowest BCUT2D eigenvalue weighted by Gasteiger charge is -2.22. The van der Waals surface area contributed by atoms with E-state index >= 15 is 0 Å². The number of carbonyl (C=O) groups is 1. The van der Waals surface area contributed by atoms with Crippen LogP contribution in [0.5, 0.6) is 0 Å². The Hall–Kier alpha value is -3.00. The van der Waals surface area contributed by atoms with Crippen LogP contribution in [0.3, 0.4) is 0 Å². The summed E-state index contributed by atoms with van der Waals surface area (Å²) in [4.78, 5) is 13.7. The molecule has 0 fully saturated rings. The second-order valence-electron chi connectivity index (χ2n) is 4.08. The fourth-order valence-electron chi connectivity index (χ4n) is 1.78. The monoisotopic (exact) mass is 266 g/mol. The van der Waals surface area contributed by atoms with Gasteiger partial charge in [0, 0.05) is 5.69 Å². The topological polar surface area (TPSA) is 82.2 Å². The third-order valence-corrected chi connectivity index (χ3v) is 2.69. The van der Waals surface area contributed by atoms with Gasteiger partial charge in [0.05, 0.1) is 17.4 Å². The fraction of sp³-hybridized carbons (Fsp3) is 0.0667. The smallest absolute Gasteiger partial charge is 0.327 e. The lowest BCUT2D eigenvalue weighted by atomic mass is 10.2. The molecule has 2 aromatic carbocycles. The van der Waals surface area contributed by atoms with Gasteiger partial charge in [0.1, 0.15) is 6.54 Å². The van der Waals surface area contributed by atoms with Crippen LogP contribution < -0.4 is 16.0 Å². The standard InChI is InChI=1S/C15H14N4O/c16-10-11-18-15(20)19(13-4-2-1-3-5-13)14-8-6-12(17)7-9-14/h1-9H,11,17H2,(H,18,20). The minimum absolute atomic E-state index is 0.0445. The Labute approximate surface area is 117 Å². The van der Waals surface area contributed by atoms with Gasteiger partial charge in [0.2, 0.25) is 0 Å².